The Kier molecular flexibility index (Phi) is 4.11. The van der Waals surface area contributed by atoms with Crippen LogP contribution in [0.25, 0.3) is 0 Å². The summed E-state index contributed by atoms with van der Waals surface area (Å²) < 4.78 is 6.09. The molecule has 0 spiro atoms. The largest absolute Gasteiger partial charge is 0.467 e. The minimum absolute atomic E-state index is 0.146. The van der Waals surface area contributed by atoms with Gasteiger partial charge in [-0.05, 0) is 13.8 Å². The van der Waals surface area contributed by atoms with Crippen molar-refractivity contribution >= 4 is 29.3 Å². The molecule has 0 radical (unpaired) electrons. The van der Waals surface area contributed by atoms with E-state index in [0.29, 0.717) is 5.82 Å². The zero-order valence-electron chi connectivity index (χ0n) is 9.86. The van der Waals surface area contributed by atoms with Crippen molar-refractivity contribution in [1.29, 1.82) is 0 Å². The lowest BCUT2D eigenvalue weighted by molar-refractivity contribution is -0.150. The van der Waals surface area contributed by atoms with E-state index in [4.69, 9.17) is 11.6 Å². The summed E-state index contributed by atoms with van der Waals surface area (Å²) in [6.45, 7) is 3.33. The molecule has 1 amide bonds. The minimum Gasteiger partial charge on any atom is -0.467 e. The van der Waals surface area contributed by atoms with Crippen LogP contribution >= 0.6 is 11.6 Å². The van der Waals surface area contributed by atoms with Crippen LogP contribution in [0, 0.1) is 0 Å². The normalized spacial score (nSPS) is 11.1. The molecule has 0 atom stereocenters. The predicted molar refractivity (Wildman–Crippen MR) is 62.9 cm³/mol. The van der Waals surface area contributed by atoms with E-state index in [1.165, 1.54) is 11.8 Å². The molecule has 1 N–H and O–H groups in total. The highest BCUT2D eigenvalue weighted by Gasteiger charge is 2.31. The van der Waals surface area contributed by atoms with E-state index in [-0.39, 0.29) is 11.8 Å². The summed E-state index contributed by atoms with van der Waals surface area (Å²) in [6.07, 6.45) is 1.58. The highest BCUT2D eigenvalue weighted by atomic mass is 35.5. The Morgan fingerprint density at radius 2 is 2.24 bits per heavy atom. The van der Waals surface area contributed by atoms with Crippen LogP contribution < -0.4 is 5.32 Å². The number of ether oxygens (including phenoxy) is 1. The van der Waals surface area contributed by atoms with Crippen LogP contribution in [0.15, 0.2) is 12.3 Å². The quantitative estimate of drug-likeness (QED) is 0.646. The summed E-state index contributed by atoms with van der Waals surface area (Å²) >= 11 is 5.35. The Bertz CT molecular complexity index is 428. The maximum absolute atomic E-state index is 11.5. The molecule has 0 aliphatic rings. The lowest BCUT2D eigenvalue weighted by Gasteiger charge is -2.21. The van der Waals surface area contributed by atoms with Crippen molar-refractivity contribution in [2.24, 2.45) is 0 Å². The Labute approximate surface area is 104 Å². The van der Waals surface area contributed by atoms with Crippen LogP contribution in [0.5, 0.6) is 0 Å². The van der Waals surface area contributed by atoms with Crippen molar-refractivity contribution in [1.82, 2.24) is 9.78 Å². The third kappa shape index (κ3) is 2.97. The molecular weight excluding hydrogens is 246 g/mol. The van der Waals surface area contributed by atoms with Gasteiger partial charge in [0.25, 0.3) is 0 Å². The molecule has 7 heteroatoms. The summed E-state index contributed by atoms with van der Waals surface area (Å²) in [5.41, 5.74) is -0.932. The first-order valence-electron chi connectivity index (χ1n) is 4.92. The van der Waals surface area contributed by atoms with E-state index in [0.717, 1.165) is 0 Å². The van der Waals surface area contributed by atoms with Gasteiger partial charge < -0.3 is 10.1 Å². The summed E-state index contributed by atoms with van der Waals surface area (Å²) in [7, 11) is 1.31. The van der Waals surface area contributed by atoms with Crippen LogP contribution in [-0.2, 0) is 19.9 Å². The van der Waals surface area contributed by atoms with Crippen LogP contribution in [0.3, 0.4) is 0 Å². The molecular formula is C10H14ClN3O3. The zero-order chi connectivity index (χ0) is 13.1. The van der Waals surface area contributed by atoms with Gasteiger partial charge in [0.2, 0.25) is 5.91 Å². The number of amides is 1. The average molecular weight is 260 g/mol. The summed E-state index contributed by atoms with van der Waals surface area (Å²) in [5.74, 6) is -0.580. The monoisotopic (exact) mass is 259 g/mol. The molecule has 0 aromatic carbocycles. The number of alkyl halides is 1. The van der Waals surface area contributed by atoms with Crippen molar-refractivity contribution in [2.45, 2.75) is 19.4 Å². The maximum Gasteiger partial charge on any atom is 0.333 e. The first-order valence-corrected chi connectivity index (χ1v) is 5.45. The van der Waals surface area contributed by atoms with Gasteiger partial charge in [0.15, 0.2) is 11.4 Å². The molecule has 17 heavy (non-hydrogen) atoms. The number of carbonyl (C=O) groups excluding carboxylic acids is 2. The second kappa shape index (κ2) is 5.18. The highest BCUT2D eigenvalue weighted by molar-refractivity contribution is 6.28. The molecule has 1 aromatic heterocycles. The van der Waals surface area contributed by atoms with Gasteiger partial charge in [-0.2, -0.15) is 5.10 Å². The molecule has 0 aliphatic carbocycles. The Balaban J connectivity index is 2.87. The van der Waals surface area contributed by atoms with Crippen LogP contribution in [0.1, 0.15) is 13.8 Å². The fraction of sp³-hybridized carbons (Fsp3) is 0.500. The molecule has 0 saturated carbocycles. The SMILES string of the molecule is COC(=O)C(C)(C)n1ccc(NC(=O)CCl)n1. The van der Waals surface area contributed by atoms with Gasteiger partial charge in [-0.1, -0.05) is 0 Å². The summed E-state index contributed by atoms with van der Waals surface area (Å²) in [4.78, 5) is 22.6. The molecule has 1 aromatic rings. The molecule has 0 saturated heterocycles. The highest BCUT2D eigenvalue weighted by Crippen LogP contribution is 2.17. The molecule has 0 aliphatic heterocycles. The van der Waals surface area contributed by atoms with E-state index in [1.807, 2.05) is 0 Å². The molecule has 1 rings (SSSR count). The third-order valence-corrected chi connectivity index (χ3v) is 2.48. The Morgan fingerprint density at radius 1 is 1.59 bits per heavy atom. The number of nitrogens with one attached hydrogen (secondary N) is 1. The van der Waals surface area contributed by atoms with Gasteiger partial charge in [-0.3, -0.25) is 9.48 Å². The van der Waals surface area contributed by atoms with Gasteiger partial charge in [-0.15, -0.1) is 11.6 Å². The topological polar surface area (TPSA) is 73.2 Å². The van der Waals surface area contributed by atoms with E-state index >= 15 is 0 Å². The van der Waals surface area contributed by atoms with Gasteiger partial charge in [0, 0.05) is 12.3 Å². The van der Waals surface area contributed by atoms with Gasteiger partial charge in [0.1, 0.15) is 5.88 Å². The van der Waals surface area contributed by atoms with Crippen LogP contribution in [0.4, 0.5) is 5.82 Å². The minimum atomic E-state index is -0.932. The number of aromatic nitrogens is 2. The molecule has 0 fully saturated rings. The first kappa shape index (κ1) is 13.5. The number of rotatable bonds is 4. The van der Waals surface area contributed by atoms with Crippen molar-refractivity contribution in [3.05, 3.63) is 12.3 Å². The number of halogens is 1. The fourth-order valence-electron chi connectivity index (χ4n) is 1.22. The number of methoxy groups -OCH3 is 1. The molecule has 94 valence electrons. The van der Waals surface area contributed by atoms with E-state index in [1.54, 1.807) is 26.1 Å². The number of hydrogen-bond acceptors (Lipinski definition) is 4. The molecule has 0 bridgehead atoms. The first-order chi connectivity index (χ1) is 7.91. The predicted octanol–water partition coefficient (Wildman–Crippen LogP) is 0.968. The van der Waals surface area contributed by atoms with Crippen molar-refractivity contribution in [3.63, 3.8) is 0 Å². The average Bonchev–Trinajstić information content (AvgIpc) is 2.76. The molecule has 1 heterocycles. The number of anilines is 1. The van der Waals surface area contributed by atoms with Crippen LogP contribution in [0.2, 0.25) is 0 Å². The number of nitrogens with zero attached hydrogens (tertiary/aromatic N) is 2. The van der Waals surface area contributed by atoms with Crippen molar-refractivity contribution < 1.29 is 14.3 Å². The second-order valence-electron chi connectivity index (χ2n) is 3.88. The Morgan fingerprint density at radius 3 is 2.76 bits per heavy atom. The second-order valence-corrected chi connectivity index (χ2v) is 4.15. The van der Waals surface area contributed by atoms with Crippen molar-refractivity contribution in [2.75, 3.05) is 18.3 Å². The van der Waals surface area contributed by atoms with E-state index < -0.39 is 11.5 Å². The zero-order valence-corrected chi connectivity index (χ0v) is 10.6. The smallest absolute Gasteiger partial charge is 0.333 e. The molecule has 6 nitrogen and oxygen atoms in total. The van der Waals surface area contributed by atoms with Crippen LogP contribution in [-0.4, -0.2) is 34.6 Å². The van der Waals surface area contributed by atoms with Crippen molar-refractivity contribution in [3.8, 4) is 0 Å². The van der Waals surface area contributed by atoms with Gasteiger partial charge in [-0.25, -0.2) is 4.79 Å². The summed E-state index contributed by atoms with van der Waals surface area (Å²) in [6, 6.07) is 1.58. The number of hydrogen-bond donors (Lipinski definition) is 1. The van der Waals surface area contributed by atoms with Gasteiger partial charge in [0.05, 0.1) is 7.11 Å². The van der Waals surface area contributed by atoms with E-state index in [2.05, 4.69) is 15.2 Å². The standard InChI is InChI=1S/C10H14ClN3O3/c1-10(2,9(16)17-3)14-5-4-7(13-14)12-8(15)6-11/h4-5H,6H2,1-3H3,(H,12,13,15). The van der Waals surface area contributed by atoms with E-state index in [9.17, 15) is 9.59 Å². The lowest BCUT2D eigenvalue weighted by atomic mass is 10.1. The fourth-order valence-corrected chi connectivity index (χ4v) is 1.29. The lowest BCUT2D eigenvalue weighted by Crippen LogP contribution is -2.37. The van der Waals surface area contributed by atoms with Gasteiger partial charge >= 0.3 is 5.97 Å². The number of carbonyl (C=O) groups is 2. The molecule has 0 unspecified atom stereocenters. The maximum atomic E-state index is 11.5. The summed E-state index contributed by atoms with van der Waals surface area (Å²) in [5, 5.41) is 6.55. The Hall–Kier alpha value is -1.56. The number of esters is 1. The third-order valence-electron chi connectivity index (χ3n) is 2.24.